The van der Waals surface area contributed by atoms with Crippen molar-refractivity contribution >= 4 is 11.6 Å². The van der Waals surface area contributed by atoms with E-state index in [1.807, 2.05) is 25.1 Å². The van der Waals surface area contributed by atoms with Crippen molar-refractivity contribution in [3.63, 3.8) is 0 Å². The van der Waals surface area contributed by atoms with Crippen molar-refractivity contribution in [1.29, 1.82) is 0 Å². The molecule has 0 fully saturated rings. The lowest BCUT2D eigenvalue weighted by Gasteiger charge is -2.11. The molecule has 0 amide bonds. The third kappa shape index (κ3) is 4.26. The smallest absolute Gasteiger partial charge is 0.123 e. The first-order valence-electron chi connectivity index (χ1n) is 6.86. The van der Waals surface area contributed by atoms with Crippen molar-refractivity contribution in [3.05, 3.63) is 64.2 Å². The highest BCUT2D eigenvalue weighted by atomic mass is 35.5. The number of aryl methyl sites for hydroxylation is 1. The van der Waals surface area contributed by atoms with Gasteiger partial charge in [-0.1, -0.05) is 41.4 Å². The number of benzene rings is 2. The summed E-state index contributed by atoms with van der Waals surface area (Å²) < 4.78 is 5.61. The van der Waals surface area contributed by atoms with Crippen LogP contribution in [0.4, 0.5) is 0 Å². The summed E-state index contributed by atoms with van der Waals surface area (Å²) in [7, 11) is 0. The van der Waals surface area contributed by atoms with E-state index in [2.05, 4.69) is 36.5 Å². The number of hydrogen-bond acceptors (Lipinski definition) is 2. The minimum atomic E-state index is 0.659. The molecular formula is C17H20ClNO. The summed E-state index contributed by atoms with van der Waals surface area (Å²) in [5.41, 5.74) is 3.64. The Bertz CT molecular complexity index is 551. The summed E-state index contributed by atoms with van der Waals surface area (Å²) in [5, 5.41) is 4.16. The second-order valence-corrected chi connectivity index (χ2v) is 5.21. The summed E-state index contributed by atoms with van der Waals surface area (Å²) in [4.78, 5) is 0. The lowest BCUT2D eigenvalue weighted by Crippen LogP contribution is -2.13. The van der Waals surface area contributed by atoms with E-state index >= 15 is 0 Å². The molecule has 0 spiro atoms. The predicted octanol–water partition coefficient (Wildman–Crippen LogP) is 4.34. The number of hydrogen-bond donors (Lipinski definition) is 1. The Balaban J connectivity index is 1.96. The van der Waals surface area contributed by atoms with Crippen LogP contribution >= 0.6 is 11.6 Å². The van der Waals surface area contributed by atoms with Crippen LogP contribution in [0.2, 0.25) is 5.02 Å². The van der Waals surface area contributed by atoms with Gasteiger partial charge < -0.3 is 10.1 Å². The van der Waals surface area contributed by atoms with Gasteiger partial charge in [0.15, 0.2) is 0 Å². The molecule has 0 heterocycles. The second-order valence-electron chi connectivity index (χ2n) is 4.77. The quantitative estimate of drug-likeness (QED) is 0.854. The lowest BCUT2D eigenvalue weighted by molar-refractivity contribution is 0.335. The molecule has 0 unspecified atom stereocenters. The highest BCUT2D eigenvalue weighted by molar-refractivity contribution is 6.30. The zero-order valence-corrected chi connectivity index (χ0v) is 12.7. The molecule has 1 N–H and O–H groups in total. The second kappa shape index (κ2) is 7.32. The molecule has 3 heteroatoms. The Morgan fingerprint density at radius 2 is 1.80 bits per heavy atom. The van der Waals surface area contributed by atoms with Crippen LogP contribution in [0.25, 0.3) is 0 Å². The van der Waals surface area contributed by atoms with Gasteiger partial charge in [0.1, 0.15) is 5.75 Å². The van der Waals surface area contributed by atoms with Gasteiger partial charge >= 0.3 is 0 Å². The van der Waals surface area contributed by atoms with Crippen LogP contribution in [-0.4, -0.2) is 6.61 Å². The van der Waals surface area contributed by atoms with E-state index in [0.717, 1.165) is 29.4 Å². The first-order chi connectivity index (χ1) is 9.69. The van der Waals surface area contributed by atoms with Gasteiger partial charge in [-0.2, -0.15) is 0 Å². The molecule has 0 aliphatic rings. The fourth-order valence-corrected chi connectivity index (χ4v) is 2.22. The normalized spacial score (nSPS) is 10.6. The molecule has 2 aromatic rings. The van der Waals surface area contributed by atoms with E-state index in [9.17, 15) is 0 Å². The van der Waals surface area contributed by atoms with Crippen molar-refractivity contribution < 1.29 is 4.74 Å². The lowest BCUT2D eigenvalue weighted by atomic mass is 10.1. The molecule has 0 aromatic heterocycles. The molecule has 2 rings (SSSR count). The van der Waals surface area contributed by atoms with Crippen LogP contribution in [0.15, 0.2) is 42.5 Å². The zero-order valence-electron chi connectivity index (χ0n) is 11.9. The highest BCUT2D eigenvalue weighted by Crippen LogP contribution is 2.23. The third-order valence-electron chi connectivity index (χ3n) is 3.09. The van der Waals surface area contributed by atoms with Gasteiger partial charge in [-0.05, 0) is 37.6 Å². The molecular weight excluding hydrogens is 270 g/mol. The minimum absolute atomic E-state index is 0.659. The minimum Gasteiger partial charge on any atom is -0.494 e. The first kappa shape index (κ1) is 14.9. The number of nitrogens with one attached hydrogen (secondary N) is 1. The number of ether oxygens (including phenoxy) is 1. The van der Waals surface area contributed by atoms with Gasteiger partial charge in [0.2, 0.25) is 0 Å². The Hall–Kier alpha value is -1.51. The molecule has 0 saturated carbocycles. The van der Waals surface area contributed by atoms with Gasteiger partial charge in [0.25, 0.3) is 0 Å². The maximum atomic E-state index is 6.05. The largest absolute Gasteiger partial charge is 0.494 e. The number of halogens is 1. The van der Waals surface area contributed by atoms with E-state index in [4.69, 9.17) is 16.3 Å². The van der Waals surface area contributed by atoms with Crippen LogP contribution in [0.5, 0.6) is 5.75 Å². The molecule has 106 valence electrons. The molecule has 0 atom stereocenters. The molecule has 0 saturated heterocycles. The maximum Gasteiger partial charge on any atom is 0.123 e. The van der Waals surface area contributed by atoms with Crippen molar-refractivity contribution in [1.82, 2.24) is 5.32 Å². The average molecular weight is 290 g/mol. The van der Waals surface area contributed by atoms with E-state index < -0.39 is 0 Å². The van der Waals surface area contributed by atoms with Crippen LogP contribution in [0.3, 0.4) is 0 Å². The van der Waals surface area contributed by atoms with Crippen molar-refractivity contribution in [2.24, 2.45) is 0 Å². The average Bonchev–Trinajstić information content (AvgIpc) is 2.44. The monoisotopic (exact) mass is 289 g/mol. The summed E-state index contributed by atoms with van der Waals surface area (Å²) in [5.74, 6) is 0.897. The molecule has 0 radical (unpaired) electrons. The van der Waals surface area contributed by atoms with Crippen LogP contribution in [0, 0.1) is 6.92 Å². The molecule has 0 aliphatic heterocycles. The molecule has 20 heavy (non-hydrogen) atoms. The fourth-order valence-electron chi connectivity index (χ4n) is 2.03. The SMILES string of the molecule is CCOc1ccc(Cl)cc1CNCc1ccc(C)cc1. The van der Waals surface area contributed by atoms with Crippen molar-refractivity contribution in [2.45, 2.75) is 26.9 Å². The van der Waals surface area contributed by atoms with E-state index in [1.165, 1.54) is 11.1 Å². The van der Waals surface area contributed by atoms with Gasteiger partial charge in [-0.3, -0.25) is 0 Å². The summed E-state index contributed by atoms with van der Waals surface area (Å²) >= 11 is 6.05. The van der Waals surface area contributed by atoms with Crippen molar-refractivity contribution in [3.8, 4) is 5.75 Å². The Kier molecular flexibility index (Phi) is 5.45. The third-order valence-corrected chi connectivity index (χ3v) is 3.32. The van der Waals surface area contributed by atoms with Crippen LogP contribution < -0.4 is 10.1 Å². The van der Waals surface area contributed by atoms with E-state index in [-0.39, 0.29) is 0 Å². The molecule has 2 nitrogen and oxygen atoms in total. The van der Waals surface area contributed by atoms with E-state index in [1.54, 1.807) is 0 Å². The Labute approximate surface area is 125 Å². The van der Waals surface area contributed by atoms with Gasteiger partial charge in [0.05, 0.1) is 6.61 Å². The standard InChI is InChI=1S/C17H20ClNO/c1-3-20-17-9-8-16(18)10-15(17)12-19-11-14-6-4-13(2)5-7-14/h4-10,19H,3,11-12H2,1-2H3. The molecule has 0 bridgehead atoms. The molecule has 2 aromatic carbocycles. The van der Waals surface area contributed by atoms with Crippen LogP contribution in [0.1, 0.15) is 23.6 Å². The predicted molar refractivity (Wildman–Crippen MR) is 84.3 cm³/mol. The highest BCUT2D eigenvalue weighted by Gasteiger charge is 2.04. The van der Waals surface area contributed by atoms with Gasteiger partial charge in [-0.15, -0.1) is 0 Å². The van der Waals surface area contributed by atoms with Gasteiger partial charge in [-0.25, -0.2) is 0 Å². The summed E-state index contributed by atoms with van der Waals surface area (Å²) in [6, 6.07) is 14.3. The Morgan fingerprint density at radius 1 is 1.05 bits per heavy atom. The Morgan fingerprint density at radius 3 is 2.50 bits per heavy atom. The maximum absolute atomic E-state index is 6.05. The summed E-state index contributed by atoms with van der Waals surface area (Å²) in [6.45, 7) is 6.31. The topological polar surface area (TPSA) is 21.3 Å². The number of rotatable bonds is 6. The first-order valence-corrected chi connectivity index (χ1v) is 7.24. The molecule has 0 aliphatic carbocycles. The fraction of sp³-hybridized carbons (Fsp3) is 0.294. The van der Waals surface area contributed by atoms with Crippen LogP contribution in [-0.2, 0) is 13.1 Å². The zero-order chi connectivity index (χ0) is 14.4. The van der Waals surface area contributed by atoms with E-state index in [0.29, 0.717) is 6.61 Å². The summed E-state index contributed by atoms with van der Waals surface area (Å²) in [6.07, 6.45) is 0. The van der Waals surface area contributed by atoms with Crippen molar-refractivity contribution in [2.75, 3.05) is 6.61 Å². The van der Waals surface area contributed by atoms with Gasteiger partial charge in [0, 0.05) is 23.7 Å².